The van der Waals surface area contributed by atoms with Gasteiger partial charge in [-0.3, -0.25) is 4.79 Å². The summed E-state index contributed by atoms with van der Waals surface area (Å²) in [6, 6.07) is 0. The molecule has 1 aromatic rings. The molecule has 0 fully saturated rings. The first-order valence-corrected chi connectivity index (χ1v) is 5.70. The van der Waals surface area contributed by atoms with Crippen molar-refractivity contribution in [3.63, 3.8) is 0 Å². The van der Waals surface area contributed by atoms with E-state index in [1.165, 1.54) is 6.33 Å². The molecule has 1 heterocycles. The number of nitrogens with one attached hydrogen (secondary N) is 2. The lowest BCUT2D eigenvalue weighted by Crippen LogP contribution is -2.14. The fraction of sp³-hybridized carbons (Fsp3) is 0.600. The van der Waals surface area contributed by atoms with Crippen LogP contribution in [0, 0.1) is 5.92 Å². The Kier molecular flexibility index (Phi) is 5.28. The van der Waals surface area contributed by atoms with E-state index in [9.17, 15) is 4.79 Å². The Morgan fingerprint density at radius 1 is 1.69 bits per heavy atom. The zero-order valence-corrected chi connectivity index (χ0v) is 10.0. The number of nitrogens with two attached hydrogens (primary N) is 1. The normalized spacial score (nSPS) is 12.4. The Morgan fingerprint density at radius 2 is 2.44 bits per heavy atom. The van der Waals surface area contributed by atoms with Crippen LogP contribution in [0.1, 0.15) is 19.8 Å². The number of nitrogens with zero attached hydrogens (tertiary/aromatic N) is 1. The molecular weight excluding hydrogens is 228 g/mol. The van der Waals surface area contributed by atoms with Gasteiger partial charge < -0.3 is 16.0 Å². The van der Waals surface area contributed by atoms with Gasteiger partial charge in [-0.15, -0.1) is 0 Å². The first-order valence-electron chi connectivity index (χ1n) is 5.32. The predicted octanol–water partition coefficient (Wildman–Crippen LogP) is 1.21. The molecule has 6 heteroatoms. The number of rotatable bonds is 6. The molecular formula is C10H17ClN4O. The van der Waals surface area contributed by atoms with Crippen molar-refractivity contribution in [3.8, 4) is 0 Å². The van der Waals surface area contributed by atoms with Gasteiger partial charge in [0.25, 0.3) is 5.56 Å². The number of aromatic nitrogens is 2. The lowest BCUT2D eigenvalue weighted by molar-refractivity contribution is 0.529. The van der Waals surface area contributed by atoms with E-state index in [2.05, 4.69) is 22.2 Å². The summed E-state index contributed by atoms with van der Waals surface area (Å²) in [6.45, 7) is 3.54. The van der Waals surface area contributed by atoms with Crippen molar-refractivity contribution in [2.24, 2.45) is 11.7 Å². The maximum absolute atomic E-state index is 11.1. The van der Waals surface area contributed by atoms with Crippen LogP contribution >= 0.6 is 11.6 Å². The van der Waals surface area contributed by atoms with Crippen molar-refractivity contribution in [1.29, 1.82) is 0 Å². The van der Waals surface area contributed by atoms with Gasteiger partial charge in [0.1, 0.15) is 5.02 Å². The minimum atomic E-state index is -0.325. The Labute approximate surface area is 99.4 Å². The highest BCUT2D eigenvalue weighted by molar-refractivity contribution is 6.32. The summed E-state index contributed by atoms with van der Waals surface area (Å²) in [6.07, 6.45) is 3.35. The quantitative estimate of drug-likeness (QED) is 0.657. The molecule has 0 bridgehead atoms. The number of H-pyrrole nitrogens is 1. The molecule has 0 aliphatic heterocycles. The summed E-state index contributed by atoms with van der Waals surface area (Å²) < 4.78 is 0. The topological polar surface area (TPSA) is 83.8 Å². The molecule has 0 aliphatic carbocycles. The van der Waals surface area contributed by atoms with Crippen LogP contribution in [0.3, 0.4) is 0 Å². The second kappa shape index (κ2) is 6.50. The average Bonchev–Trinajstić information content (AvgIpc) is 2.29. The molecule has 0 spiro atoms. The van der Waals surface area contributed by atoms with E-state index < -0.39 is 0 Å². The zero-order valence-electron chi connectivity index (χ0n) is 9.29. The van der Waals surface area contributed by atoms with E-state index in [0.29, 0.717) is 18.3 Å². The number of halogens is 1. The molecule has 1 unspecified atom stereocenters. The molecule has 0 aliphatic rings. The van der Waals surface area contributed by atoms with Gasteiger partial charge in [0, 0.05) is 6.54 Å². The lowest BCUT2D eigenvalue weighted by atomic mass is 10.1. The SMILES string of the molecule is CC(CN)CCCNc1nc[nH]c(=O)c1Cl. The van der Waals surface area contributed by atoms with Crippen LogP contribution in [0.25, 0.3) is 0 Å². The van der Waals surface area contributed by atoms with E-state index in [-0.39, 0.29) is 10.6 Å². The van der Waals surface area contributed by atoms with Gasteiger partial charge in [-0.1, -0.05) is 18.5 Å². The maximum Gasteiger partial charge on any atom is 0.271 e. The van der Waals surface area contributed by atoms with Crippen molar-refractivity contribution in [1.82, 2.24) is 9.97 Å². The molecule has 0 radical (unpaired) electrons. The van der Waals surface area contributed by atoms with Crippen LogP contribution in [0.15, 0.2) is 11.1 Å². The summed E-state index contributed by atoms with van der Waals surface area (Å²) in [5, 5.41) is 3.14. The van der Waals surface area contributed by atoms with Gasteiger partial charge in [0.05, 0.1) is 6.33 Å². The second-order valence-electron chi connectivity index (χ2n) is 3.80. The predicted molar refractivity (Wildman–Crippen MR) is 65.8 cm³/mol. The monoisotopic (exact) mass is 244 g/mol. The summed E-state index contributed by atoms with van der Waals surface area (Å²) in [7, 11) is 0. The minimum Gasteiger partial charge on any atom is -0.369 e. The molecule has 1 aromatic heterocycles. The van der Waals surface area contributed by atoms with Crippen LogP contribution < -0.4 is 16.6 Å². The van der Waals surface area contributed by atoms with Crippen LogP contribution in [-0.4, -0.2) is 23.1 Å². The summed E-state index contributed by atoms with van der Waals surface area (Å²) in [5.41, 5.74) is 5.19. The van der Waals surface area contributed by atoms with E-state index in [1.54, 1.807) is 0 Å². The molecule has 90 valence electrons. The number of aromatic amines is 1. The van der Waals surface area contributed by atoms with Crippen molar-refractivity contribution in [2.75, 3.05) is 18.4 Å². The standard InChI is InChI=1S/C10H17ClN4O/c1-7(5-12)3-2-4-13-9-8(11)10(16)15-6-14-9/h6-7H,2-5,12H2,1H3,(H2,13,14,15,16). The molecule has 0 saturated carbocycles. The third-order valence-electron chi connectivity index (χ3n) is 2.37. The second-order valence-corrected chi connectivity index (χ2v) is 4.18. The number of hydrogen-bond donors (Lipinski definition) is 3. The molecule has 4 N–H and O–H groups in total. The van der Waals surface area contributed by atoms with Crippen LogP contribution in [0.2, 0.25) is 5.02 Å². The van der Waals surface area contributed by atoms with Gasteiger partial charge in [0.2, 0.25) is 0 Å². The van der Waals surface area contributed by atoms with Crippen molar-refractivity contribution >= 4 is 17.4 Å². The largest absolute Gasteiger partial charge is 0.369 e. The Bertz CT molecular complexity index is 379. The Balaban J connectivity index is 2.38. The van der Waals surface area contributed by atoms with E-state index in [0.717, 1.165) is 19.4 Å². The first-order chi connectivity index (χ1) is 7.65. The van der Waals surface area contributed by atoms with E-state index >= 15 is 0 Å². The molecule has 0 amide bonds. The highest BCUT2D eigenvalue weighted by atomic mass is 35.5. The molecule has 1 rings (SSSR count). The van der Waals surface area contributed by atoms with Crippen molar-refractivity contribution < 1.29 is 0 Å². The molecule has 1 atom stereocenters. The van der Waals surface area contributed by atoms with Crippen LogP contribution in [0.4, 0.5) is 5.82 Å². The van der Waals surface area contributed by atoms with Crippen molar-refractivity contribution in [2.45, 2.75) is 19.8 Å². The maximum atomic E-state index is 11.1. The van der Waals surface area contributed by atoms with Crippen LogP contribution in [-0.2, 0) is 0 Å². The Morgan fingerprint density at radius 3 is 3.12 bits per heavy atom. The molecule has 0 saturated heterocycles. The molecule has 16 heavy (non-hydrogen) atoms. The van der Waals surface area contributed by atoms with Crippen molar-refractivity contribution in [3.05, 3.63) is 21.7 Å². The van der Waals surface area contributed by atoms with Gasteiger partial charge >= 0.3 is 0 Å². The average molecular weight is 245 g/mol. The highest BCUT2D eigenvalue weighted by Crippen LogP contribution is 2.12. The summed E-state index contributed by atoms with van der Waals surface area (Å²) in [5.74, 6) is 0.954. The van der Waals surface area contributed by atoms with Gasteiger partial charge in [-0.25, -0.2) is 4.98 Å². The lowest BCUT2D eigenvalue weighted by Gasteiger charge is -2.09. The van der Waals surface area contributed by atoms with E-state index in [1.807, 2.05) is 0 Å². The third kappa shape index (κ3) is 3.83. The number of hydrogen-bond acceptors (Lipinski definition) is 4. The summed E-state index contributed by atoms with van der Waals surface area (Å²) in [4.78, 5) is 17.5. The van der Waals surface area contributed by atoms with Gasteiger partial charge in [0.15, 0.2) is 5.82 Å². The number of anilines is 1. The smallest absolute Gasteiger partial charge is 0.271 e. The first kappa shape index (κ1) is 13.0. The van der Waals surface area contributed by atoms with Crippen LogP contribution in [0.5, 0.6) is 0 Å². The van der Waals surface area contributed by atoms with Gasteiger partial charge in [-0.05, 0) is 25.3 Å². The molecule has 0 aromatic carbocycles. The fourth-order valence-electron chi connectivity index (χ4n) is 1.28. The van der Waals surface area contributed by atoms with E-state index in [4.69, 9.17) is 17.3 Å². The Hall–Kier alpha value is -1.07. The van der Waals surface area contributed by atoms with Gasteiger partial charge in [-0.2, -0.15) is 0 Å². The summed E-state index contributed by atoms with van der Waals surface area (Å²) >= 11 is 5.77. The highest BCUT2D eigenvalue weighted by Gasteiger charge is 2.04. The minimum absolute atomic E-state index is 0.106. The molecule has 5 nitrogen and oxygen atoms in total. The zero-order chi connectivity index (χ0) is 12.0. The fourth-order valence-corrected chi connectivity index (χ4v) is 1.45. The third-order valence-corrected chi connectivity index (χ3v) is 2.72.